The summed E-state index contributed by atoms with van der Waals surface area (Å²) in [5, 5.41) is 0. The van der Waals surface area contributed by atoms with Crippen LogP contribution in [0.4, 0.5) is 0 Å². The third-order valence-corrected chi connectivity index (χ3v) is 1.31. The van der Waals surface area contributed by atoms with E-state index in [1.54, 1.807) is 7.11 Å². The van der Waals surface area contributed by atoms with Gasteiger partial charge in [-0.2, -0.15) is 0 Å². The van der Waals surface area contributed by atoms with Crippen LogP contribution in [-0.4, -0.2) is 38.0 Å². The fourth-order valence-electron chi connectivity index (χ4n) is 0.762. The van der Waals surface area contributed by atoms with Crippen LogP contribution in [0.15, 0.2) is 4.99 Å². The molecule has 0 saturated heterocycles. The normalized spacial score (nSPS) is 18.4. The van der Waals surface area contributed by atoms with Crippen LogP contribution in [-0.2, 0) is 4.74 Å². The van der Waals surface area contributed by atoms with Gasteiger partial charge in [0.15, 0.2) is 0 Å². The fourth-order valence-corrected chi connectivity index (χ4v) is 0.762. The van der Waals surface area contributed by atoms with E-state index in [9.17, 15) is 0 Å². The van der Waals surface area contributed by atoms with Crippen LogP contribution in [0.1, 0.15) is 0 Å². The summed E-state index contributed by atoms with van der Waals surface area (Å²) < 4.78 is 4.90. The van der Waals surface area contributed by atoms with Crippen LogP contribution in [0.5, 0.6) is 0 Å². The molecule has 0 aromatic rings. The SMILES string of the molecule is COCC1=NC[CH]N1C. The first-order valence-corrected chi connectivity index (χ1v) is 2.93. The molecular formula is C6H11N2O. The molecule has 0 unspecified atom stereocenters. The van der Waals surface area contributed by atoms with Gasteiger partial charge in [-0.1, -0.05) is 0 Å². The first-order chi connectivity index (χ1) is 4.34. The molecule has 1 aliphatic rings. The van der Waals surface area contributed by atoms with E-state index in [4.69, 9.17) is 4.74 Å². The highest BCUT2D eigenvalue weighted by atomic mass is 16.5. The average molecular weight is 127 g/mol. The van der Waals surface area contributed by atoms with Crippen molar-refractivity contribution in [3.63, 3.8) is 0 Å². The molecule has 0 aromatic carbocycles. The lowest BCUT2D eigenvalue weighted by atomic mass is 10.5. The molecule has 1 rings (SSSR count). The molecule has 0 spiro atoms. The molecule has 1 radical (unpaired) electrons. The Morgan fingerprint density at radius 3 is 3.11 bits per heavy atom. The van der Waals surface area contributed by atoms with Crippen molar-refractivity contribution in [2.45, 2.75) is 0 Å². The zero-order valence-corrected chi connectivity index (χ0v) is 5.79. The Bertz CT molecular complexity index is 122. The minimum atomic E-state index is 0.618. The van der Waals surface area contributed by atoms with Crippen molar-refractivity contribution in [1.82, 2.24) is 4.90 Å². The molecule has 0 atom stereocenters. The van der Waals surface area contributed by atoms with Gasteiger partial charge in [0.1, 0.15) is 12.4 Å². The van der Waals surface area contributed by atoms with E-state index < -0.39 is 0 Å². The summed E-state index contributed by atoms with van der Waals surface area (Å²) in [7, 11) is 3.65. The van der Waals surface area contributed by atoms with Crippen molar-refractivity contribution in [2.24, 2.45) is 4.99 Å². The highest BCUT2D eigenvalue weighted by molar-refractivity contribution is 5.85. The number of ether oxygens (including phenoxy) is 1. The van der Waals surface area contributed by atoms with Gasteiger partial charge in [0.25, 0.3) is 0 Å². The number of hydrogen-bond acceptors (Lipinski definition) is 3. The molecule has 1 heterocycles. The van der Waals surface area contributed by atoms with Gasteiger partial charge in [-0.05, 0) is 0 Å². The second kappa shape index (κ2) is 2.82. The summed E-state index contributed by atoms with van der Waals surface area (Å²) in [6, 6.07) is 0. The fraction of sp³-hybridized carbons (Fsp3) is 0.667. The number of hydrogen-bond donors (Lipinski definition) is 0. The zero-order valence-electron chi connectivity index (χ0n) is 5.79. The molecule has 0 amide bonds. The summed E-state index contributed by atoms with van der Waals surface area (Å²) in [5.41, 5.74) is 0. The van der Waals surface area contributed by atoms with E-state index >= 15 is 0 Å². The second-order valence-corrected chi connectivity index (χ2v) is 1.98. The van der Waals surface area contributed by atoms with E-state index in [1.165, 1.54) is 0 Å². The van der Waals surface area contributed by atoms with Crippen LogP contribution in [0.2, 0.25) is 0 Å². The number of amidine groups is 1. The Labute approximate surface area is 55.3 Å². The van der Waals surface area contributed by atoms with E-state index in [1.807, 2.05) is 18.5 Å². The third-order valence-electron chi connectivity index (χ3n) is 1.31. The van der Waals surface area contributed by atoms with Gasteiger partial charge in [0, 0.05) is 14.2 Å². The molecular weight excluding hydrogens is 116 g/mol. The van der Waals surface area contributed by atoms with E-state index in [-0.39, 0.29) is 0 Å². The monoisotopic (exact) mass is 127 g/mol. The Hall–Kier alpha value is -0.570. The predicted molar refractivity (Wildman–Crippen MR) is 36.2 cm³/mol. The van der Waals surface area contributed by atoms with E-state index in [2.05, 4.69) is 4.99 Å². The molecule has 0 aromatic heterocycles. The predicted octanol–water partition coefficient (Wildman–Crippen LogP) is 0.138. The van der Waals surface area contributed by atoms with Gasteiger partial charge in [-0.3, -0.25) is 4.99 Å². The van der Waals surface area contributed by atoms with Crippen molar-refractivity contribution in [2.75, 3.05) is 27.3 Å². The average Bonchev–Trinajstić information content (AvgIpc) is 2.18. The van der Waals surface area contributed by atoms with E-state index in [0.717, 1.165) is 12.4 Å². The summed E-state index contributed by atoms with van der Waals surface area (Å²) in [6.45, 7) is 3.44. The highest BCUT2D eigenvalue weighted by Gasteiger charge is 2.10. The largest absolute Gasteiger partial charge is 0.377 e. The van der Waals surface area contributed by atoms with Crippen LogP contribution >= 0.6 is 0 Å². The number of rotatable bonds is 2. The maximum Gasteiger partial charge on any atom is 0.125 e. The number of methoxy groups -OCH3 is 1. The van der Waals surface area contributed by atoms with Gasteiger partial charge >= 0.3 is 0 Å². The highest BCUT2D eigenvalue weighted by Crippen LogP contribution is 2.01. The van der Waals surface area contributed by atoms with Crippen molar-refractivity contribution < 1.29 is 4.74 Å². The summed E-state index contributed by atoms with van der Waals surface area (Å²) in [5.74, 6) is 1.01. The van der Waals surface area contributed by atoms with Crippen LogP contribution in [0.25, 0.3) is 0 Å². The van der Waals surface area contributed by atoms with E-state index in [0.29, 0.717) is 6.61 Å². The van der Waals surface area contributed by atoms with Gasteiger partial charge < -0.3 is 9.64 Å². The summed E-state index contributed by atoms with van der Waals surface area (Å²) >= 11 is 0. The molecule has 9 heavy (non-hydrogen) atoms. The molecule has 0 bridgehead atoms. The lowest BCUT2D eigenvalue weighted by Gasteiger charge is -2.11. The quantitative estimate of drug-likeness (QED) is 0.527. The molecule has 0 N–H and O–H groups in total. The maximum atomic E-state index is 4.90. The maximum absolute atomic E-state index is 4.90. The number of aliphatic imine (C=N–C) groups is 1. The molecule has 3 heteroatoms. The van der Waals surface area contributed by atoms with Gasteiger partial charge in [-0.25, -0.2) is 0 Å². The van der Waals surface area contributed by atoms with Crippen LogP contribution in [0.3, 0.4) is 0 Å². The lowest BCUT2D eigenvalue weighted by Crippen LogP contribution is -2.23. The molecule has 51 valence electrons. The van der Waals surface area contributed by atoms with Crippen molar-refractivity contribution in [1.29, 1.82) is 0 Å². The van der Waals surface area contributed by atoms with Crippen molar-refractivity contribution in [3.05, 3.63) is 6.54 Å². The van der Waals surface area contributed by atoms with Crippen LogP contribution < -0.4 is 0 Å². The Balaban J connectivity index is 2.38. The van der Waals surface area contributed by atoms with Gasteiger partial charge in [0.05, 0.1) is 13.1 Å². The summed E-state index contributed by atoms with van der Waals surface area (Å²) in [6.07, 6.45) is 0. The Morgan fingerprint density at radius 2 is 2.67 bits per heavy atom. The Morgan fingerprint density at radius 1 is 1.89 bits per heavy atom. The van der Waals surface area contributed by atoms with Crippen LogP contribution in [0, 0.1) is 6.54 Å². The minimum Gasteiger partial charge on any atom is -0.377 e. The third kappa shape index (κ3) is 1.42. The molecule has 0 saturated carbocycles. The minimum absolute atomic E-state index is 0.618. The zero-order chi connectivity index (χ0) is 6.69. The molecule has 0 aliphatic carbocycles. The van der Waals surface area contributed by atoms with Crippen molar-refractivity contribution >= 4 is 5.84 Å². The molecule has 1 aliphatic heterocycles. The molecule has 3 nitrogen and oxygen atoms in total. The van der Waals surface area contributed by atoms with Gasteiger partial charge in [0.2, 0.25) is 0 Å². The van der Waals surface area contributed by atoms with Crippen molar-refractivity contribution in [3.8, 4) is 0 Å². The summed E-state index contributed by atoms with van der Waals surface area (Å²) in [4.78, 5) is 6.16. The number of likely N-dealkylation sites (N-methyl/N-ethyl adjacent to an activating group) is 1. The Kier molecular flexibility index (Phi) is 2.05. The topological polar surface area (TPSA) is 24.8 Å². The van der Waals surface area contributed by atoms with Gasteiger partial charge in [-0.15, -0.1) is 0 Å². The number of nitrogens with zero attached hydrogens (tertiary/aromatic N) is 2. The lowest BCUT2D eigenvalue weighted by molar-refractivity contribution is 0.238. The first-order valence-electron chi connectivity index (χ1n) is 2.93. The second-order valence-electron chi connectivity index (χ2n) is 1.98. The standard InChI is InChI=1S/C6H11N2O/c1-8-4-3-7-6(8)5-9-2/h4H,3,5H2,1-2H3. The first kappa shape index (κ1) is 6.55. The molecule has 0 fully saturated rings. The smallest absolute Gasteiger partial charge is 0.125 e.